The lowest BCUT2D eigenvalue weighted by Gasteiger charge is -2.29. The summed E-state index contributed by atoms with van der Waals surface area (Å²) in [6, 6.07) is 7.63. The van der Waals surface area contributed by atoms with Gasteiger partial charge in [-0.25, -0.2) is 4.79 Å². The molecule has 0 saturated heterocycles. The van der Waals surface area contributed by atoms with E-state index in [0.717, 1.165) is 11.3 Å². The highest BCUT2D eigenvalue weighted by atomic mass is 16.6. The molecule has 0 heterocycles. The summed E-state index contributed by atoms with van der Waals surface area (Å²) in [6.07, 6.45) is -0.358. The van der Waals surface area contributed by atoms with E-state index in [-0.39, 0.29) is 12.1 Å². The molecule has 0 aliphatic heterocycles. The van der Waals surface area contributed by atoms with Gasteiger partial charge in [-0.2, -0.15) is 0 Å². The first-order chi connectivity index (χ1) is 10.4. The predicted molar refractivity (Wildman–Crippen MR) is 93.5 cm³/mol. The minimum Gasteiger partial charge on any atom is -0.444 e. The minimum atomic E-state index is -0.843. The average molecular weight is 322 g/mol. The molecule has 0 fully saturated rings. The standard InChI is InChI=1S/C18H30N2O3/c1-13(18(5,6)22)19-15-11-9-8-10-14(15)12-20(7)16(21)23-17(2,3)4/h8-11,13,19,22H,12H2,1-7H3. The van der Waals surface area contributed by atoms with Gasteiger partial charge < -0.3 is 20.1 Å². The van der Waals surface area contributed by atoms with Crippen molar-refractivity contribution in [3.05, 3.63) is 29.8 Å². The summed E-state index contributed by atoms with van der Waals surface area (Å²) in [5.74, 6) is 0. The number of benzene rings is 1. The minimum absolute atomic E-state index is 0.129. The monoisotopic (exact) mass is 322 g/mol. The quantitative estimate of drug-likeness (QED) is 0.869. The Morgan fingerprint density at radius 2 is 1.83 bits per heavy atom. The number of carbonyl (C=O) groups is 1. The summed E-state index contributed by atoms with van der Waals surface area (Å²) in [4.78, 5) is 13.6. The van der Waals surface area contributed by atoms with E-state index in [9.17, 15) is 9.90 Å². The fourth-order valence-corrected chi connectivity index (χ4v) is 1.87. The van der Waals surface area contributed by atoms with Crippen molar-refractivity contribution < 1.29 is 14.6 Å². The maximum Gasteiger partial charge on any atom is 0.410 e. The highest BCUT2D eigenvalue weighted by molar-refractivity contribution is 5.68. The number of hydrogen-bond donors (Lipinski definition) is 2. The van der Waals surface area contributed by atoms with Gasteiger partial charge in [0.1, 0.15) is 5.60 Å². The lowest BCUT2D eigenvalue weighted by atomic mass is 10.00. The first-order valence-electron chi connectivity index (χ1n) is 7.91. The summed E-state index contributed by atoms with van der Waals surface area (Å²) >= 11 is 0. The van der Waals surface area contributed by atoms with Crippen LogP contribution >= 0.6 is 0 Å². The number of amides is 1. The second-order valence-electron chi connectivity index (χ2n) is 7.51. The Balaban J connectivity index is 2.83. The van der Waals surface area contributed by atoms with Gasteiger partial charge >= 0.3 is 6.09 Å². The van der Waals surface area contributed by atoms with Crippen LogP contribution in [0.4, 0.5) is 10.5 Å². The van der Waals surface area contributed by atoms with Gasteiger partial charge in [0, 0.05) is 12.7 Å². The summed E-state index contributed by atoms with van der Waals surface area (Å²) < 4.78 is 5.37. The molecule has 1 rings (SSSR count). The molecule has 0 bridgehead atoms. The summed E-state index contributed by atoms with van der Waals surface area (Å²) in [5.41, 5.74) is 0.511. The zero-order valence-electron chi connectivity index (χ0n) is 15.3. The largest absolute Gasteiger partial charge is 0.444 e. The van der Waals surface area contributed by atoms with Gasteiger partial charge in [0.25, 0.3) is 0 Å². The van der Waals surface area contributed by atoms with Crippen molar-refractivity contribution >= 4 is 11.8 Å². The number of hydrogen-bond acceptors (Lipinski definition) is 4. The molecule has 1 unspecified atom stereocenters. The molecule has 0 aliphatic carbocycles. The maximum atomic E-state index is 12.1. The van der Waals surface area contributed by atoms with Crippen molar-refractivity contribution in [2.75, 3.05) is 12.4 Å². The maximum absolute atomic E-state index is 12.1. The highest BCUT2D eigenvalue weighted by Crippen LogP contribution is 2.21. The van der Waals surface area contributed by atoms with E-state index >= 15 is 0 Å². The number of carbonyl (C=O) groups excluding carboxylic acids is 1. The molecule has 0 aliphatic rings. The number of ether oxygens (including phenoxy) is 1. The van der Waals surface area contributed by atoms with Crippen molar-refractivity contribution in [2.45, 2.75) is 65.3 Å². The third-order valence-electron chi connectivity index (χ3n) is 3.56. The second kappa shape index (κ2) is 7.21. The van der Waals surface area contributed by atoms with Crippen LogP contribution in [0, 0.1) is 0 Å². The Kier molecular flexibility index (Phi) is 6.05. The highest BCUT2D eigenvalue weighted by Gasteiger charge is 2.24. The molecule has 5 heteroatoms. The van der Waals surface area contributed by atoms with Crippen molar-refractivity contribution in [1.82, 2.24) is 4.90 Å². The van der Waals surface area contributed by atoms with E-state index in [0.29, 0.717) is 6.54 Å². The van der Waals surface area contributed by atoms with Crippen molar-refractivity contribution in [2.24, 2.45) is 0 Å². The van der Waals surface area contributed by atoms with Crippen LogP contribution in [0.1, 0.15) is 47.1 Å². The number of nitrogens with zero attached hydrogens (tertiary/aromatic N) is 1. The SMILES string of the molecule is CC(Nc1ccccc1CN(C)C(=O)OC(C)(C)C)C(C)(C)O. The Labute approximate surface area is 139 Å². The zero-order valence-corrected chi connectivity index (χ0v) is 15.3. The van der Waals surface area contributed by atoms with Gasteiger partial charge in [-0.05, 0) is 53.2 Å². The Morgan fingerprint density at radius 3 is 2.35 bits per heavy atom. The lowest BCUT2D eigenvalue weighted by Crippen LogP contribution is -2.39. The van der Waals surface area contributed by atoms with Gasteiger partial charge in [-0.15, -0.1) is 0 Å². The van der Waals surface area contributed by atoms with Crippen molar-refractivity contribution in [1.29, 1.82) is 0 Å². The fraction of sp³-hybridized carbons (Fsp3) is 0.611. The van der Waals surface area contributed by atoms with E-state index in [2.05, 4.69) is 5.32 Å². The number of nitrogens with one attached hydrogen (secondary N) is 1. The van der Waals surface area contributed by atoms with Crippen LogP contribution in [0.25, 0.3) is 0 Å². The average Bonchev–Trinajstić information content (AvgIpc) is 2.37. The fourth-order valence-electron chi connectivity index (χ4n) is 1.87. The Morgan fingerprint density at radius 1 is 1.26 bits per heavy atom. The number of aliphatic hydroxyl groups is 1. The molecular formula is C18H30N2O3. The molecule has 0 spiro atoms. The third-order valence-corrected chi connectivity index (χ3v) is 3.56. The van der Waals surface area contributed by atoms with E-state index < -0.39 is 11.2 Å². The van der Waals surface area contributed by atoms with Crippen LogP contribution in [0.15, 0.2) is 24.3 Å². The lowest BCUT2D eigenvalue weighted by molar-refractivity contribution is 0.0285. The molecule has 5 nitrogen and oxygen atoms in total. The third kappa shape index (κ3) is 6.48. The molecule has 23 heavy (non-hydrogen) atoms. The molecule has 1 aromatic rings. The molecule has 0 aromatic heterocycles. The first kappa shape index (κ1) is 19.3. The van der Waals surface area contributed by atoms with E-state index in [1.807, 2.05) is 52.0 Å². The molecule has 0 radical (unpaired) electrons. The normalized spacial score (nSPS) is 13.4. The van der Waals surface area contributed by atoms with Gasteiger partial charge in [-0.1, -0.05) is 18.2 Å². The zero-order chi connectivity index (χ0) is 17.8. The van der Waals surface area contributed by atoms with Crippen molar-refractivity contribution in [3.63, 3.8) is 0 Å². The predicted octanol–water partition coefficient (Wildman–Crippen LogP) is 3.62. The molecule has 1 atom stereocenters. The van der Waals surface area contributed by atoms with Crippen LogP contribution in [0.5, 0.6) is 0 Å². The van der Waals surface area contributed by atoms with Gasteiger partial charge in [0.2, 0.25) is 0 Å². The second-order valence-corrected chi connectivity index (χ2v) is 7.51. The Bertz CT molecular complexity index is 530. The van der Waals surface area contributed by atoms with E-state index in [1.54, 1.807) is 25.8 Å². The summed E-state index contributed by atoms with van der Waals surface area (Å²) in [7, 11) is 1.71. The van der Waals surface area contributed by atoms with Crippen LogP contribution in [-0.2, 0) is 11.3 Å². The number of para-hydroxylation sites is 1. The van der Waals surface area contributed by atoms with Gasteiger partial charge in [0.15, 0.2) is 0 Å². The Hall–Kier alpha value is -1.75. The van der Waals surface area contributed by atoms with Gasteiger partial charge in [-0.3, -0.25) is 0 Å². The van der Waals surface area contributed by atoms with Crippen molar-refractivity contribution in [3.8, 4) is 0 Å². The van der Waals surface area contributed by atoms with Crippen LogP contribution < -0.4 is 5.32 Å². The van der Waals surface area contributed by atoms with E-state index in [4.69, 9.17) is 4.74 Å². The summed E-state index contributed by atoms with van der Waals surface area (Å²) in [5, 5.41) is 13.4. The number of anilines is 1. The van der Waals surface area contributed by atoms with Crippen LogP contribution in [0.2, 0.25) is 0 Å². The van der Waals surface area contributed by atoms with E-state index in [1.165, 1.54) is 0 Å². The molecule has 1 aromatic carbocycles. The van der Waals surface area contributed by atoms with Gasteiger partial charge in [0.05, 0.1) is 18.2 Å². The molecule has 1 amide bonds. The summed E-state index contributed by atoms with van der Waals surface area (Å²) in [6.45, 7) is 11.4. The topological polar surface area (TPSA) is 61.8 Å². The number of rotatable bonds is 5. The molecule has 130 valence electrons. The molecule has 0 saturated carbocycles. The molecular weight excluding hydrogens is 292 g/mol. The molecule has 2 N–H and O–H groups in total. The smallest absolute Gasteiger partial charge is 0.410 e. The first-order valence-corrected chi connectivity index (χ1v) is 7.91. The van der Waals surface area contributed by atoms with Crippen LogP contribution in [0.3, 0.4) is 0 Å². The van der Waals surface area contributed by atoms with Crippen LogP contribution in [-0.4, -0.2) is 40.4 Å².